The van der Waals surface area contributed by atoms with Crippen LogP contribution in [-0.4, -0.2) is 47.3 Å². The molecule has 1 aromatic carbocycles. The van der Waals surface area contributed by atoms with Crippen molar-refractivity contribution in [3.8, 4) is 0 Å². The predicted octanol–water partition coefficient (Wildman–Crippen LogP) is 3.80. The van der Waals surface area contributed by atoms with E-state index in [0.29, 0.717) is 31.6 Å². The Morgan fingerprint density at radius 1 is 1.09 bits per heavy atom. The first-order valence-electron chi connectivity index (χ1n) is 11.2. The van der Waals surface area contributed by atoms with Gasteiger partial charge >= 0.3 is 23.8 Å². The molecule has 0 radical (unpaired) electrons. The van der Waals surface area contributed by atoms with Crippen LogP contribution in [-0.2, 0) is 16.0 Å². The molecule has 0 saturated carbocycles. The fraction of sp³-hybridized carbons (Fsp3) is 0.375. The Morgan fingerprint density at radius 3 is 2.41 bits per heavy atom. The van der Waals surface area contributed by atoms with Gasteiger partial charge in [0.2, 0.25) is 0 Å². The van der Waals surface area contributed by atoms with Crippen molar-refractivity contribution in [2.45, 2.75) is 33.1 Å². The van der Waals surface area contributed by atoms with Crippen LogP contribution in [0.15, 0.2) is 47.0 Å². The minimum atomic E-state index is -0.525. The van der Waals surface area contributed by atoms with Crippen LogP contribution < -0.4 is 15.5 Å². The molecule has 1 amide bonds. The number of aromatic nitrogens is 3. The summed E-state index contributed by atoms with van der Waals surface area (Å²) in [5.74, 6) is -0.0756. The van der Waals surface area contributed by atoms with E-state index in [2.05, 4.69) is 37.6 Å². The molecule has 0 unspecified atom stereocenters. The number of anilines is 4. The smallest absolute Gasteiger partial charge is 0.320 e. The molecule has 0 atom stereocenters. The number of pyridine rings is 1. The summed E-state index contributed by atoms with van der Waals surface area (Å²) in [7, 11) is 1.42. The van der Waals surface area contributed by atoms with Crippen molar-refractivity contribution in [1.82, 2.24) is 15.2 Å². The average molecular weight is 465 g/mol. The van der Waals surface area contributed by atoms with Crippen molar-refractivity contribution in [1.29, 1.82) is 0 Å². The van der Waals surface area contributed by atoms with Crippen LogP contribution in [0.1, 0.15) is 42.9 Å². The predicted molar refractivity (Wildman–Crippen MR) is 127 cm³/mol. The second kappa shape index (κ2) is 9.90. The van der Waals surface area contributed by atoms with Crippen LogP contribution in [0, 0.1) is 5.41 Å². The lowest BCUT2D eigenvalue weighted by atomic mass is 9.80. The third-order valence-electron chi connectivity index (χ3n) is 6.11. The number of amides is 1. The monoisotopic (exact) mass is 464 g/mol. The number of nitrogens with one attached hydrogen (secondary N) is 2. The number of ether oxygens (including phenoxy) is 1. The van der Waals surface area contributed by atoms with Gasteiger partial charge in [0.05, 0.1) is 24.4 Å². The molecule has 3 aromatic rings. The lowest BCUT2D eigenvalue weighted by Gasteiger charge is -2.37. The SMILES string of the molecule is CCc1ccc(Nc2nnc(C(=O)Nc3ccc(N4CCC(C)(C(=O)OC)CC4)nc3)o2)cc1. The Kier molecular flexibility index (Phi) is 6.76. The summed E-state index contributed by atoms with van der Waals surface area (Å²) in [5.41, 5.74) is 2.05. The van der Waals surface area contributed by atoms with E-state index in [-0.39, 0.29) is 17.9 Å². The number of benzene rings is 1. The highest BCUT2D eigenvalue weighted by Gasteiger charge is 2.38. The number of carbonyl (C=O) groups is 2. The lowest BCUT2D eigenvalue weighted by molar-refractivity contribution is -0.152. The molecule has 0 spiro atoms. The Morgan fingerprint density at radius 2 is 1.79 bits per heavy atom. The summed E-state index contributed by atoms with van der Waals surface area (Å²) in [5, 5.41) is 13.4. The molecule has 0 bridgehead atoms. The van der Waals surface area contributed by atoms with Gasteiger partial charge in [0.15, 0.2) is 0 Å². The molecule has 1 fully saturated rings. The van der Waals surface area contributed by atoms with E-state index >= 15 is 0 Å². The van der Waals surface area contributed by atoms with Gasteiger partial charge in [-0.15, -0.1) is 5.10 Å². The quantitative estimate of drug-likeness (QED) is 0.503. The van der Waals surface area contributed by atoms with Gasteiger partial charge in [-0.05, 0) is 56.0 Å². The average Bonchev–Trinajstić information content (AvgIpc) is 3.33. The summed E-state index contributed by atoms with van der Waals surface area (Å²) in [6, 6.07) is 11.6. The van der Waals surface area contributed by atoms with Gasteiger partial charge in [0.1, 0.15) is 5.82 Å². The summed E-state index contributed by atoms with van der Waals surface area (Å²) < 4.78 is 10.4. The molecule has 34 heavy (non-hydrogen) atoms. The molecule has 4 rings (SSSR count). The van der Waals surface area contributed by atoms with E-state index in [1.54, 1.807) is 12.3 Å². The zero-order valence-electron chi connectivity index (χ0n) is 19.5. The number of piperidine rings is 1. The first-order valence-corrected chi connectivity index (χ1v) is 11.2. The molecule has 1 aliphatic heterocycles. The van der Waals surface area contributed by atoms with E-state index in [1.165, 1.54) is 12.7 Å². The van der Waals surface area contributed by atoms with Crippen molar-refractivity contribution in [3.63, 3.8) is 0 Å². The molecular formula is C24H28N6O4. The molecule has 1 aliphatic rings. The topological polar surface area (TPSA) is 122 Å². The van der Waals surface area contributed by atoms with Gasteiger partial charge in [-0.2, -0.15) is 0 Å². The van der Waals surface area contributed by atoms with E-state index in [9.17, 15) is 9.59 Å². The fourth-order valence-electron chi connectivity index (χ4n) is 3.82. The molecule has 0 aliphatic carbocycles. The molecule has 10 heteroatoms. The zero-order chi connectivity index (χ0) is 24.1. The molecule has 2 aromatic heterocycles. The standard InChI is InChI=1S/C24H28N6O4/c1-4-16-5-7-17(8-6-16)27-23-29-28-21(34-23)20(31)26-18-9-10-19(25-15-18)30-13-11-24(2,12-14-30)22(32)33-3/h5-10,15H,4,11-14H2,1-3H3,(H,26,31)(H,27,29). The molecule has 3 heterocycles. The second-order valence-electron chi connectivity index (χ2n) is 8.49. The van der Waals surface area contributed by atoms with E-state index in [0.717, 1.165) is 17.9 Å². The minimum absolute atomic E-state index is 0.131. The van der Waals surface area contributed by atoms with Crippen molar-refractivity contribution in [3.05, 3.63) is 54.0 Å². The molecule has 1 saturated heterocycles. The van der Waals surface area contributed by atoms with Gasteiger partial charge < -0.3 is 24.7 Å². The first kappa shape index (κ1) is 23.2. The van der Waals surface area contributed by atoms with E-state index in [1.807, 2.05) is 37.3 Å². The summed E-state index contributed by atoms with van der Waals surface area (Å²) in [6.45, 7) is 5.42. The normalized spacial score (nSPS) is 15.0. The van der Waals surface area contributed by atoms with Crippen LogP contribution in [0.25, 0.3) is 0 Å². The number of rotatable bonds is 7. The van der Waals surface area contributed by atoms with Crippen molar-refractivity contribution >= 4 is 35.1 Å². The van der Waals surface area contributed by atoms with Crippen molar-refractivity contribution in [2.75, 3.05) is 35.7 Å². The number of nitrogens with zero attached hydrogens (tertiary/aromatic N) is 4. The highest BCUT2D eigenvalue weighted by atomic mass is 16.5. The number of methoxy groups -OCH3 is 1. The fourth-order valence-corrected chi connectivity index (χ4v) is 3.82. The van der Waals surface area contributed by atoms with Crippen LogP contribution >= 0.6 is 0 Å². The van der Waals surface area contributed by atoms with Crippen molar-refractivity contribution < 1.29 is 18.7 Å². The van der Waals surface area contributed by atoms with Gasteiger partial charge in [-0.25, -0.2) is 4.98 Å². The largest absolute Gasteiger partial charge is 0.469 e. The lowest BCUT2D eigenvalue weighted by Crippen LogP contribution is -2.43. The van der Waals surface area contributed by atoms with E-state index in [4.69, 9.17) is 9.15 Å². The van der Waals surface area contributed by atoms with Gasteiger partial charge in [0, 0.05) is 18.8 Å². The number of hydrogen-bond donors (Lipinski definition) is 2. The molecule has 178 valence electrons. The third kappa shape index (κ3) is 5.16. The van der Waals surface area contributed by atoms with E-state index < -0.39 is 11.3 Å². The highest BCUT2D eigenvalue weighted by Crippen LogP contribution is 2.33. The Balaban J connectivity index is 1.32. The first-order chi connectivity index (χ1) is 16.4. The Hall–Kier alpha value is -3.95. The van der Waals surface area contributed by atoms with Crippen LogP contribution in [0.2, 0.25) is 0 Å². The van der Waals surface area contributed by atoms with Crippen molar-refractivity contribution in [2.24, 2.45) is 5.41 Å². The summed E-state index contributed by atoms with van der Waals surface area (Å²) in [6.07, 6.45) is 3.91. The second-order valence-corrected chi connectivity index (χ2v) is 8.49. The maximum Gasteiger partial charge on any atom is 0.320 e. The van der Waals surface area contributed by atoms with Crippen LogP contribution in [0.4, 0.5) is 23.2 Å². The Bertz CT molecular complexity index is 1140. The third-order valence-corrected chi connectivity index (χ3v) is 6.11. The summed E-state index contributed by atoms with van der Waals surface area (Å²) in [4.78, 5) is 31.1. The van der Waals surface area contributed by atoms with Gasteiger partial charge in [0.25, 0.3) is 0 Å². The maximum absolute atomic E-state index is 12.5. The Labute approximate surface area is 197 Å². The zero-order valence-corrected chi connectivity index (χ0v) is 19.5. The number of aryl methyl sites for hydroxylation is 1. The van der Waals surface area contributed by atoms with Crippen LogP contribution in [0.3, 0.4) is 0 Å². The maximum atomic E-state index is 12.5. The summed E-state index contributed by atoms with van der Waals surface area (Å²) >= 11 is 0. The molecule has 2 N–H and O–H groups in total. The van der Waals surface area contributed by atoms with Gasteiger partial charge in [-0.1, -0.05) is 24.2 Å². The number of esters is 1. The van der Waals surface area contributed by atoms with Crippen LogP contribution in [0.5, 0.6) is 0 Å². The highest BCUT2D eigenvalue weighted by molar-refractivity contribution is 6.00. The molecular weight excluding hydrogens is 436 g/mol. The molecule has 10 nitrogen and oxygen atoms in total. The van der Waals surface area contributed by atoms with Gasteiger partial charge in [-0.3, -0.25) is 9.59 Å². The number of hydrogen-bond acceptors (Lipinski definition) is 9. The minimum Gasteiger partial charge on any atom is -0.469 e. The number of carbonyl (C=O) groups excluding carboxylic acids is 2.